The second-order valence-electron chi connectivity index (χ2n) is 4.82. The van der Waals surface area contributed by atoms with E-state index in [1.807, 2.05) is 6.92 Å². The average molecular weight is 225 g/mol. The lowest BCUT2D eigenvalue weighted by Crippen LogP contribution is -2.14. The number of nitrogens with zero attached hydrogens (tertiary/aromatic N) is 2. The summed E-state index contributed by atoms with van der Waals surface area (Å²) in [6.07, 6.45) is -0.141. The van der Waals surface area contributed by atoms with E-state index in [9.17, 15) is 4.79 Å². The molecule has 1 rings (SSSR count). The van der Waals surface area contributed by atoms with Crippen molar-refractivity contribution in [2.45, 2.75) is 46.1 Å². The van der Waals surface area contributed by atoms with Crippen molar-refractivity contribution in [1.29, 1.82) is 0 Å². The summed E-state index contributed by atoms with van der Waals surface area (Å²) in [5, 5.41) is 15.5. The number of aryl methyl sites for hydroxylation is 1. The van der Waals surface area contributed by atoms with Gasteiger partial charge in [0.25, 0.3) is 0 Å². The van der Waals surface area contributed by atoms with E-state index in [0.29, 0.717) is 12.4 Å². The first-order chi connectivity index (χ1) is 7.34. The minimum Gasteiger partial charge on any atom is -0.465 e. The number of carbonyl (C=O) groups is 1. The second kappa shape index (κ2) is 4.55. The van der Waals surface area contributed by atoms with E-state index in [2.05, 4.69) is 31.2 Å². The third kappa shape index (κ3) is 2.98. The van der Waals surface area contributed by atoms with Crippen LogP contribution >= 0.6 is 0 Å². The Morgan fingerprint density at radius 3 is 2.62 bits per heavy atom. The molecular weight excluding hydrogens is 206 g/mol. The molecule has 5 heteroatoms. The van der Waals surface area contributed by atoms with Crippen LogP contribution in [0.25, 0.3) is 0 Å². The van der Waals surface area contributed by atoms with E-state index >= 15 is 0 Å². The van der Waals surface area contributed by atoms with Crippen LogP contribution in [0.5, 0.6) is 0 Å². The number of rotatable bonds is 3. The standard InChI is InChI=1S/C11H19N3O2/c1-5-6-14-9(12-10(15)16)7-8(13-14)11(2,3)4/h7,12H,5-6H2,1-4H3,(H,15,16). The van der Waals surface area contributed by atoms with Crippen LogP contribution in [0.1, 0.15) is 39.8 Å². The molecule has 1 amide bonds. The van der Waals surface area contributed by atoms with Crippen LogP contribution < -0.4 is 5.32 Å². The Balaban J connectivity index is 3.04. The van der Waals surface area contributed by atoms with Gasteiger partial charge in [0.05, 0.1) is 5.69 Å². The highest BCUT2D eigenvalue weighted by Gasteiger charge is 2.20. The van der Waals surface area contributed by atoms with Gasteiger partial charge < -0.3 is 5.11 Å². The molecule has 0 saturated heterocycles. The molecule has 0 spiro atoms. The quantitative estimate of drug-likeness (QED) is 0.831. The largest absolute Gasteiger partial charge is 0.465 e. The molecule has 0 unspecified atom stereocenters. The van der Waals surface area contributed by atoms with Crippen molar-refractivity contribution in [2.24, 2.45) is 0 Å². The highest BCUT2D eigenvalue weighted by Crippen LogP contribution is 2.24. The molecule has 1 aromatic heterocycles. The summed E-state index contributed by atoms with van der Waals surface area (Å²) in [5.74, 6) is 0.541. The molecule has 90 valence electrons. The zero-order chi connectivity index (χ0) is 12.3. The van der Waals surface area contributed by atoms with E-state index in [1.165, 1.54) is 0 Å². The van der Waals surface area contributed by atoms with Gasteiger partial charge in [-0.05, 0) is 6.42 Å². The molecule has 0 aliphatic heterocycles. The summed E-state index contributed by atoms with van der Waals surface area (Å²) in [6.45, 7) is 8.90. The van der Waals surface area contributed by atoms with Gasteiger partial charge in [0.15, 0.2) is 0 Å². The van der Waals surface area contributed by atoms with Crippen molar-refractivity contribution < 1.29 is 9.90 Å². The smallest absolute Gasteiger partial charge is 0.410 e. The molecule has 16 heavy (non-hydrogen) atoms. The lowest BCUT2D eigenvalue weighted by molar-refractivity contribution is 0.209. The SMILES string of the molecule is CCCn1nc(C(C)(C)C)cc1NC(=O)O. The number of nitrogens with one attached hydrogen (secondary N) is 1. The third-order valence-electron chi connectivity index (χ3n) is 2.22. The Kier molecular flexibility index (Phi) is 3.57. The predicted octanol–water partition coefficient (Wildman–Crippen LogP) is 2.68. The molecule has 0 aliphatic rings. The van der Waals surface area contributed by atoms with E-state index in [4.69, 9.17) is 5.11 Å². The monoisotopic (exact) mass is 225 g/mol. The van der Waals surface area contributed by atoms with Gasteiger partial charge in [-0.3, -0.25) is 5.32 Å². The van der Waals surface area contributed by atoms with Crippen LogP contribution in [0.15, 0.2) is 6.07 Å². The maximum absolute atomic E-state index is 10.6. The lowest BCUT2D eigenvalue weighted by atomic mass is 9.92. The van der Waals surface area contributed by atoms with Gasteiger partial charge in [-0.25, -0.2) is 9.48 Å². The molecular formula is C11H19N3O2. The van der Waals surface area contributed by atoms with E-state index in [1.54, 1.807) is 10.7 Å². The number of amides is 1. The van der Waals surface area contributed by atoms with Crippen molar-refractivity contribution in [3.05, 3.63) is 11.8 Å². The van der Waals surface area contributed by atoms with Gasteiger partial charge >= 0.3 is 6.09 Å². The fourth-order valence-electron chi connectivity index (χ4n) is 1.38. The first kappa shape index (κ1) is 12.5. The summed E-state index contributed by atoms with van der Waals surface area (Å²) in [7, 11) is 0. The molecule has 0 atom stereocenters. The minimum atomic E-state index is -1.06. The Labute approximate surface area is 95.5 Å². The van der Waals surface area contributed by atoms with E-state index < -0.39 is 6.09 Å². The molecule has 0 radical (unpaired) electrons. The highest BCUT2D eigenvalue weighted by molar-refractivity contribution is 5.81. The fourth-order valence-corrected chi connectivity index (χ4v) is 1.38. The van der Waals surface area contributed by atoms with Crippen LogP contribution in [0.3, 0.4) is 0 Å². The average Bonchev–Trinajstić information content (AvgIpc) is 2.47. The van der Waals surface area contributed by atoms with E-state index in [-0.39, 0.29) is 5.41 Å². The van der Waals surface area contributed by atoms with Gasteiger partial charge in [-0.2, -0.15) is 5.10 Å². The van der Waals surface area contributed by atoms with Crippen LogP contribution in [0.4, 0.5) is 10.6 Å². The molecule has 0 saturated carbocycles. The predicted molar refractivity (Wildman–Crippen MR) is 62.9 cm³/mol. The normalized spacial score (nSPS) is 11.5. The zero-order valence-electron chi connectivity index (χ0n) is 10.2. The topological polar surface area (TPSA) is 67.2 Å². The molecule has 0 aromatic carbocycles. The van der Waals surface area contributed by atoms with Gasteiger partial charge in [0, 0.05) is 18.0 Å². The molecule has 1 aromatic rings. The second-order valence-corrected chi connectivity index (χ2v) is 4.82. The molecule has 2 N–H and O–H groups in total. The zero-order valence-corrected chi connectivity index (χ0v) is 10.2. The molecule has 5 nitrogen and oxygen atoms in total. The van der Waals surface area contributed by atoms with Crippen LogP contribution in [0, 0.1) is 0 Å². The maximum Gasteiger partial charge on any atom is 0.410 e. The molecule has 1 heterocycles. The number of aromatic nitrogens is 2. The Hall–Kier alpha value is -1.52. The van der Waals surface area contributed by atoms with Crippen LogP contribution in [-0.2, 0) is 12.0 Å². The Morgan fingerprint density at radius 1 is 1.56 bits per heavy atom. The summed E-state index contributed by atoms with van der Waals surface area (Å²) >= 11 is 0. The van der Waals surface area contributed by atoms with Crippen molar-refractivity contribution in [3.8, 4) is 0 Å². The first-order valence-electron chi connectivity index (χ1n) is 5.43. The van der Waals surface area contributed by atoms with Crippen molar-refractivity contribution in [1.82, 2.24) is 9.78 Å². The maximum atomic E-state index is 10.6. The van der Waals surface area contributed by atoms with Gasteiger partial charge in [-0.1, -0.05) is 27.7 Å². The van der Waals surface area contributed by atoms with Crippen molar-refractivity contribution in [3.63, 3.8) is 0 Å². The third-order valence-corrected chi connectivity index (χ3v) is 2.22. The van der Waals surface area contributed by atoms with E-state index in [0.717, 1.165) is 12.1 Å². The summed E-state index contributed by atoms with van der Waals surface area (Å²) in [6, 6.07) is 1.80. The number of hydrogen-bond acceptors (Lipinski definition) is 2. The summed E-state index contributed by atoms with van der Waals surface area (Å²) in [5.41, 5.74) is 0.818. The van der Waals surface area contributed by atoms with Crippen molar-refractivity contribution in [2.75, 3.05) is 5.32 Å². The molecule has 0 bridgehead atoms. The van der Waals surface area contributed by atoms with Crippen LogP contribution in [-0.4, -0.2) is 21.0 Å². The fraction of sp³-hybridized carbons (Fsp3) is 0.636. The highest BCUT2D eigenvalue weighted by atomic mass is 16.4. The number of hydrogen-bond donors (Lipinski definition) is 2. The van der Waals surface area contributed by atoms with Gasteiger partial charge in [0.2, 0.25) is 0 Å². The Morgan fingerprint density at radius 2 is 2.19 bits per heavy atom. The Bertz CT molecular complexity index is 377. The minimum absolute atomic E-state index is 0.0755. The van der Waals surface area contributed by atoms with Crippen molar-refractivity contribution >= 4 is 11.9 Å². The van der Waals surface area contributed by atoms with Gasteiger partial charge in [-0.15, -0.1) is 0 Å². The van der Waals surface area contributed by atoms with Gasteiger partial charge in [0.1, 0.15) is 5.82 Å². The number of carboxylic acid groups (broad SMARTS) is 1. The summed E-state index contributed by atoms with van der Waals surface area (Å²) < 4.78 is 1.70. The lowest BCUT2D eigenvalue weighted by Gasteiger charge is -2.13. The first-order valence-corrected chi connectivity index (χ1v) is 5.43. The summed E-state index contributed by atoms with van der Waals surface area (Å²) in [4.78, 5) is 10.6. The van der Waals surface area contributed by atoms with Crippen LogP contribution in [0.2, 0.25) is 0 Å². The molecule has 0 fully saturated rings. The molecule has 0 aliphatic carbocycles. The number of anilines is 1.